The minimum absolute atomic E-state index is 0.0247. The second-order valence-electron chi connectivity index (χ2n) is 5.67. The molecule has 6 nitrogen and oxygen atoms in total. The van der Waals surface area contributed by atoms with Gasteiger partial charge in [-0.15, -0.1) is 0 Å². The van der Waals surface area contributed by atoms with Crippen LogP contribution in [0.25, 0.3) is 0 Å². The standard InChI is InChI=1S/C12H26N4O2/c1-8(2)9(10(13)15-18)11(17)14-7-12(3,4)16(5)6/h8-9,18H,7H2,1-6H3,(H2,13,15)(H,14,17). The Bertz CT molecular complexity index is 311. The fourth-order valence-electron chi connectivity index (χ4n) is 1.41. The summed E-state index contributed by atoms with van der Waals surface area (Å²) in [5.74, 6) is -0.892. The number of nitrogens with zero attached hydrogens (tertiary/aromatic N) is 2. The number of carbonyl (C=O) groups excluding carboxylic acids is 1. The van der Waals surface area contributed by atoms with Gasteiger partial charge in [-0.2, -0.15) is 0 Å². The molecule has 0 fully saturated rings. The van der Waals surface area contributed by atoms with Crippen molar-refractivity contribution in [3.05, 3.63) is 0 Å². The van der Waals surface area contributed by atoms with Crippen LogP contribution in [-0.2, 0) is 4.79 Å². The van der Waals surface area contributed by atoms with Crippen molar-refractivity contribution in [3.8, 4) is 0 Å². The third-order valence-corrected chi connectivity index (χ3v) is 3.29. The highest BCUT2D eigenvalue weighted by Crippen LogP contribution is 2.13. The van der Waals surface area contributed by atoms with Crippen LogP contribution < -0.4 is 11.1 Å². The lowest BCUT2D eigenvalue weighted by Gasteiger charge is -2.33. The van der Waals surface area contributed by atoms with E-state index in [1.54, 1.807) is 0 Å². The van der Waals surface area contributed by atoms with Gasteiger partial charge in [0.15, 0.2) is 5.84 Å². The number of carbonyl (C=O) groups is 1. The molecule has 0 saturated carbocycles. The molecule has 0 aromatic carbocycles. The van der Waals surface area contributed by atoms with Crippen LogP contribution in [0.4, 0.5) is 0 Å². The lowest BCUT2D eigenvalue weighted by Crippen LogP contribution is -2.51. The second-order valence-corrected chi connectivity index (χ2v) is 5.67. The van der Waals surface area contributed by atoms with E-state index in [2.05, 4.69) is 10.5 Å². The van der Waals surface area contributed by atoms with E-state index in [4.69, 9.17) is 10.9 Å². The number of nitrogens with one attached hydrogen (secondary N) is 1. The predicted octanol–water partition coefficient (Wildman–Crippen LogP) is 0.461. The minimum atomic E-state index is -0.604. The lowest BCUT2D eigenvalue weighted by molar-refractivity contribution is -0.124. The van der Waals surface area contributed by atoms with Gasteiger partial charge < -0.3 is 21.2 Å². The Hall–Kier alpha value is -1.30. The maximum absolute atomic E-state index is 12.1. The van der Waals surface area contributed by atoms with Gasteiger partial charge in [-0.05, 0) is 33.9 Å². The fourth-order valence-corrected chi connectivity index (χ4v) is 1.41. The van der Waals surface area contributed by atoms with E-state index in [9.17, 15) is 4.79 Å². The van der Waals surface area contributed by atoms with E-state index >= 15 is 0 Å². The number of nitrogens with two attached hydrogens (primary N) is 1. The van der Waals surface area contributed by atoms with Gasteiger partial charge in [0.25, 0.3) is 0 Å². The first kappa shape index (κ1) is 16.7. The van der Waals surface area contributed by atoms with Crippen molar-refractivity contribution >= 4 is 11.7 Å². The fraction of sp³-hybridized carbons (Fsp3) is 0.833. The smallest absolute Gasteiger partial charge is 0.231 e. The summed E-state index contributed by atoms with van der Waals surface area (Å²) in [5, 5.41) is 14.5. The van der Waals surface area contributed by atoms with Crippen LogP contribution in [0.5, 0.6) is 0 Å². The number of oxime groups is 1. The highest BCUT2D eigenvalue weighted by atomic mass is 16.4. The Balaban J connectivity index is 4.65. The monoisotopic (exact) mass is 258 g/mol. The molecule has 0 aromatic rings. The number of likely N-dealkylation sites (N-methyl/N-ethyl adjacent to an activating group) is 1. The van der Waals surface area contributed by atoms with Crippen molar-refractivity contribution in [2.45, 2.75) is 33.2 Å². The van der Waals surface area contributed by atoms with Gasteiger partial charge in [0.2, 0.25) is 5.91 Å². The van der Waals surface area contributed by atoms with Crippen LogP contribution in [0.2, 0.25) is 0 Å². The molecule has 0 aliphatic heterocycles. The molecular formula is C12H26N4O2. The number of rotatable bonds is 6. The largest absolute Gasteiger partial charge is 0.409 e. The van der Waals surface area contributed by atoms with Crippen molar-refractivity contribution in [2.75, 3.05) is 20.6 Å². The van der Waals surface area contributed by atoms with Crippen molar-refractivity contribution in [2.24, 2.45) is 22.7 Å². The Morgan fingerprint density at radius 2 is 1.94 bits per heavy atom. The first-order valence-electron chi connectivity index (χ1n) is 6.06. The molecule has 0 rings (SSSR count). The van der Waals surface area contributed by atoms with Crippen LogP contribution in [0.1, 0.15) is 27.7 Å². The Kier molecular flexibility index (Phi) is 6.11. The molecule has 0 spiro atoms. The topological polar surface area (TPSA) is 91.0 Å². The highest BCUT2D eigenvalue weighted by molar-refractivity contribution is 6.02. The SMILES string of the molecule is CC(C)C(C(=O)NCC(C)(C)N(C)C)C(N)=NO. The summed E-state index contributed by atoms with van der Waals surface area (Å²) < 4.78 is 0. The molecule has 18 heavy (non-hydrogen) atoms. The summed E-state index contributed by atoms with van der Waals surface area (Å²) in [6, 6.07) is 0. The maximum Gasteiger partial charge on any atom is 0.231 e. The quantitative estimate of drug-likeness (QED) is 0.279. The molecule has 0 radical (unpaired) electrons. The van der Waals surface area contributed by atoms with E-state index in [0.29, 0.717) is 6.54 Å². The van der Waals surface area contributed by atoms with Gasteiger partial charge >= 0.3 is 0 Å². The van der Waals surface area contributed by atoms with Crippen molar-refractivity contribution in [1.29, 1.82) is 0 Å². The van der Waals surface area contributed by atoms with E-state index in [1.165, 1.54) is 0 Å². The molecule has 106 valence electrons. The lowest BCUT2D eigenvalue weighted by atomic mass is 9.93. The molecule has 0 aliphatic carbocycles. The average molecular weight is 258 g/mol. The van der Waals surface area contributed by atoms with E-state index in [0.717, 1.165) is 0 Å². The molecule has 6 heteroatoms. The third-order valence-electron chi connectivity index (χ3n) is 3.29. The van der Waals surface area contributed by atoms with Gasteiger partial charge in [0.1, 0.15) is 5.92 Å². The zero-order chi connectivity index (χ0) is 14.5. The van der Waals surface area contributed by atoms with Gasteiger partial charge in [-0.3, -0.25) is 4.79 Å². The summed E-state index contributed by atoms with van der Waals surface area (Å²) in [5.41, 5.74) is 5.40. The minimum Gasteiger partial charge on any atom is -0.409 e. The molecule has 0 bridgehead atoms. The molecule has 0 aliphatic rings. The zero-order valence-corrected chi connectivity index (χ0v) is 12.2. The maximum atomic E-state index is 12.1. The molecule has 4 N–H and O–H groups in total. The van der Waals surface area contributed by atoms with Crippen LogP contribution in [0, 0.1) is 11.8 Å². The Morgan fingerprint density at radius 3 is 2.28 bits per heavy atom. The van der Waals surface area contributed by atoms with E-state index < -0.39 is 5.92 Å². The molecule has 1 atom stereocenters. The van der Waals surface area contributed by atoms with Gasteiger partial charge in [-0.1, -0.05) is 19.0 Å². The second kappa shape index (κ2) is 6.58. The first-order chi connectivity index (χ1) is 8.13. The summed E-state index contributed by atoms with van der Waals surface area (Å²) >= 11 is 0. The van der Waals surface area contributed by atoms with Crippen molar-refractivity contribution < 1.29 is 10.0 Å². The molecular weight excluding hydrogens is 232 g/mol. The van der Waals surface area contributed by atoms with Crippen LogP contribution in [0.3, 0.4) is 0 Å². The molecule has 0 saturated heterocycles. The zero-order valence-electron chi connectivity index (χ0n) is 12.2. The average Bonchev–Trinajstić information content (AvgIpc) is 2.25. The molecule has 0 heterocycles. The van der Waals surface area contributed by atoms with Gasteiger partial charge in [-0.25, -0.2) is 0 Å². The molecule has 0 aromatic heterocycles. The number of hydrogen-bond acceptors (Lipinski definition) is 4. The van der Waals surface area contributed by atoms with Crippen molar-refractivity contribution in [3.63, 3.8) is 0 Å². The predicted molar refractivity (Wildman–Crippen MR) is 72.5 cm³/mol. The van der Waals surface area contributed by atoms with Crippen molar-refractivity contribution in [1.82, 2.24) is 10.2 Å². The molecule has 1 amide bonds. The van der Waals surface area contributed by atoms with E-state index in [-0.39, 0.29) is 23.2 Å². The van der Waals surface area contributed by atoms with Crippen LogP contribution in [0.15, 0.2) is 5.16 Å². The van der Waals surface area contributed by atoms with Gasteiger partial charge in [0.05, 0.1) is 0 Å². The van der Waals surface area contributed by atoms with Crippen LogP contribution >= 0.6 is 0 Å². The Morgan fingerprint density at radius 1 is 1.44 bits per heavy atom. The Labute approximate surface area is 109 Å². The normalized spacial score (nSPS) is 15.0. The highest BCUT2D eigenvalue weighted by Gasteiger charge is 2.29. The third kappa shape index (κ3) is 4.52. The number of amides is 1. The van der Waals surface area contributed by atoms with Crippen LogP contribution in [-0.4, -0.2) is 48.0 Å². The number of amidine groups is 1. The van der Waals surface area contributed by atoms with Gasteiger partial charge in [0, 0.05) is 12.1 Å². The first-order valence-corrected chi connectivity index (χ1v) is 6.06. The van der Waals surface area contributed by atoms with E-state index in [1.807, 2.05) is 46.7 Å². The summed E-state index contributed by atoms with van der Waals surface area (Å²) in [6.45, 7) is 8.28. The number of hydrogen-bond donors (Lipinski definition) is 3. The molecule has 1 unspecified atom stereocenters. The summed E-state index contributed by atoms with van der Waals surface area (Å²) in [6.07, 6.45) is 0. The summed E-state index contributed by atoms with van der Waals surface area (Å²) in [4.78, 5) is 14.1. The summed E-state index contributed by atoms with van der Waals surface area (Å²) in [7, 11) is 3.91.